The number of fused-ring (bicyclic) bond motifs is 1. The number of imidazole rings is 1. The van der Waals surface area contributed by atoms with E-state index in [9.17, 15) is 22.8 Å². The van der Waals surface area contributed by atoms with Crippen LogP contribution in [0.4, 0.5) is 19.0 Å². The Bertz CT molecular complexity index is 469. The van der Waals surface area contributed by atoms with Crippen molar-refractivity contribution in [3.63, 3.8) is 0 Å². The van der Waals surface area contributed by atoms with Crippen LogP contribution < -0.4 is 5.32 Å². The number of hydrogen-bond donors (Lipinski definition) is 2. The lowest BCUT2D eigenvalue weighted by atomic mass is 10.3. The summed E-state index contributed by atoms with van der Waals surface area (Å²) in [6.07, 6.45) is -3.97. The number of anilines is 1. The fourth-order valence-electron chi connectivity index (χ4n) is 1.16. The Morgan fingerprint density at radius 2 is 2.24 bits per heavy atom. The standard InChI is InChI=1S/C7H5F3N4O3/c8-7(9,10)6(16)17-14-2-13-4-3(5(14)15)11-1-12-4/h1,13H,2H2,(H,11,12). The molecule has 0 aliphatic carbocycles. The topological polar surface area (TPSA) is 87.3 Å². The molecule has 0 fully saturated rings. The molecular weight excluding hydrogens is 245 g/mol. The number of aromatic amines is 1. The van der Waals surface area contributed by atoms with Crippen LogP contribution in [0.5, 0.6) is 0 Å². The predicted molar refractivity (Wildman–Crippen MR) is 45.4 cm³/mol. The number of hydroxylamine groups is 2. The SMILES string of the molecule is O=C1c2[nH]cnc2NCN1OC(=O)C(F)(F)F. The van der Waals surface area contributed by atoms with E-state index in [-0.39, 0.29) is 16.6 Å². The molecule has 0 atom stereocenters. The van der Waals surface area contributed by atoms with Crippen molar-refractivity contribution in [3.8, 4) is 0 Å². The van der Waals surface area contributed by atoms with E-state index in [0.717, 1.165) is 0 Å². The van der Waals surface area contributed by atoms with Crippen molar-refractivity contribution in [1.29, 1.82) is 0 Å². The van der Waals surface area contributed by atoms with Gasteiger partial charge >= 0.3 is 18.1 Å². The molecule has 1 aliphatic rings. The van der Waals surface area contributed by atoms with Gasteiger partial charge in [-0.25, -0.2) is 9.78 Å². The van der Waals surface area contributed by atoms with Crippen LogP contribution in [0.2, 0.25) is 0 Å². The highest BCUT2D eigenvalue weighted by atomic mass is 19.4. The molecule has 0 aromatic carbocycles. The van der Waals surface area contributed by atoms with Gasteiger partial charge in [-0.2, -0.15) is 13.2 Å². The molecule has 0 unspecified atom stereocenters. The summed E-state index contributed by atoms with van der Waals surface area (Å²) in [5.41, 5.74) is -0.0776. The summed E-state index contributed by atoms with van der Waals surface area (Å²) in [4.78, 5) is 32.1. The van der Waals surface area contributed by atoms with Gasteiger partial charge in [-0.3, -0.25) is 4.79 Å². The van der Waals surface area contributed by atoms with Crippen LogP contribution >= 0.6 is 0 Å². The summed E-state index contributed by atoms with van der Waals surface area (Å²) >= 11 is 0. The smallest absolute Gasteiger partial charge is 0.348 e. The second-order valence-corrected chi connectivity index (χ2v) is 3.02. The van der Waals surface area contributed by atoms with Crippen molar-refractivity contribution in [1.82, 2.24) is 15.0 Å². The van der Waals surface area contributed by atoms with Crippen LogP contribution in [0, 0.1) is 0 Å². The van der Waals surface area contributed by atoms with Crippen LogP contribution in [0.1, 0.15) is 10.5 Å². The van der Waals surface area contributed by atoms with Crippen molar-refractivity contribution >= 4 is 17.7 Å². The minimum Gasteiger partial charge on any atom is -0.348 e. The summed E-state index contributed by atoms with van der Waals surface area (Å²) in [5.74, 6) is -3.18. The molecule has 10 heteroatoms. The lowest BCUT2D eigenvalue weighted by molar-refractivity contribution is -0.228. The molecule has 0 spiro atoms. The minimum atomic E-state index is -5.16. The molecule has 0 bridgehead atoms. The molecule has 1 aromatic heterocycles. The summed E-state index contributed by atoms with van der Waals surface area (Å²) < 4.78 is 35.7. The van der Waals surface area contributed by atoms with Crippen LogP contribution in [0.25, 0.3) is 0 Å². The average Bonchev–Trinajstić information content (AvgIpc) is 2.69. The molecule has 1 aliphatic heterocycles. The van der Waals surface area contributed by atoms with Crippen molar-refractivity contribution in [2.75, 3.05) is 12.0 Å². The first-order valence-electron chi connectivity index (χ1n) is 4.28. The Balaban J connectivity index is 2.11. The van der Waals surface area contributed by atoms with Crippen LogP contribution in [0.3, 0.4) is 0 Å². The molecule has 7 nitrogen and oxygen atoms in total. The largest absolute Gasteiger partial charge is 0.493 e. The summed E-state index contributed by atoms with van der Waals surface area (Å²) in [6.45, 7) is -0.404. The number of carbonyl (C=O) groups is 2. The Kier molecular flexibility index (Phi) is 2.41. The molecule has 1 aromatic rings. The molecule has 92 valence electrons. The number of rotatable bonds is 1. The number of carbonyl (C=O) groups excluding carboxylic acids is 2. The number of alkyl halides is 3. The second kappa shape index (κ2) is 3.64. The molecule has 2 rings (SSSR count). The maximum atomic E-state index is 11.9. The Labute approximate surface area is 91.5 Å². The third-order valence-corrected chi connectivity index (χ3v) is 1.89. The van der Waals surface area contributed by atoms with E-state index in [1.165, 1.54) is 6.33 Å². The third-order valence-electron chi connectivity index (χ3n) is 1.89. The normalized spacial score (nSPS) is 15.2. The summed E-state index contributed by atoms with van der Waals surface area (Å²) in [6, 6.07) is 0. The zero-order valence-corrected chi connectivity index (χ0v) is 8.04. The fraction of sp³-hybridized carbons (Fsp3) is 0.286. The molecule has 2 heterocycles. The van der Waals surface area contributed by atoms with Crippen molar-refractivity contribution in [2.45, 2.75) is 6.18 Å². The number of aromatic nitrogens is 2. The minimum absolute atomic E-state index is 0.0776. The monoisotopic (exact) mass is 250 g/mol. The van der Waals surface area contributed by atoms with Gasteiger partial charge in [-0.1, -0.05) is 0 Å². The molecule has 0 saturated carbocycles. The van der Waals surface area contributed by atoms with Gasteiger partial charge in [-0.15, -0.1) is 5.06 Å². The van der Waals surface area contributed by atoms with E-state index in [1.54, 1.807) is 0 Å². The number of halogens is 3. The molecule has 0 radical (unpaired) electrons. The van der Waals surface area contributed by atoms with Gasteiger partial charge in [0.05, 0.1) is 6.33 Å². The number of nitrogens with zero attached hydrogens (tertiary/aromatic N) is 2. The van der Waals surface area contributed by atoms with Gasteiger partial charge in [0.2, 0.25) is 0 Å². The maximum Gasteiger partial charge on any atom is 0.493 e. The van der Waals surface area contributed by atoms with E-state index in [0.29, 0.717) is 0 Å². The van der Waals surface area contributed by atoms with Gasteiger partial charge in [0.15, 0.2) is 11.5 Å². The van der Waals surface area contributed by atoms with E-state index in [4.69, 9.17) is 0 Å². The zero-order valence-electron chi connectivity index (χ0n) is 8.04. The van der Waals surface area contributed by atoms with E-state index in [1.807, 2.05) is 0 Å². The molecule has 17 heavy (non-hydrogen) atoms. The van der Waals surface area contributed by atoms with Gasteiger partial charge in [0.25, 0.3) is 0 Å². The summed E-state index contributed by atoms with van der Waals surface area (Å²) in [7, 11) is 0. The van der Waals surface area contributed by atoms with Crippen LogP contribution in [-0.2, 0) is 9.63 Å². The van der Waals surface area contributed by atoms with Crippen molar-refractivity contribution < 1.29 is 27.6 Å². The molecule has 2 N–H and O–H groups in total. The van der Waals surface area contributed by atoms with Crippen molar-refractivity contribution in [3.05, 3.63) is 12.0 Å². The van der Waals surface area contributed by atoms with E-state index < -0.39 is 24.7 Å². The summed E-state index contributed by atoms with van der Waals surface area (Å²) in [5, 5.41) is 2.76. The zero-order chi connectivity index (χ0) is 12.6. The number of hydrogen-bond acceptors (Lipinski definition) is 5. The Morgan fingerprint density at radius 1 is 1.53 bits per heavy atom. The predicted octanol–water partition coefficient (Wildman–Crippen LogP) is 0.255. The van der Waals surface area contributed by atoms with Crippen LogP contribution in [0.15, 0.2) is 6.33 Å². The highest BCUT2D eigenvalue weighted by Crippen LogP contribution is 2.21. The quantitative estimate of drug-likeness (QED) is 0.746. The third kappa shape index (κ3) is 2.00. The Morgan fingerprint density at radius 3 is 2.88 bits per heavy atom. The molecule has 0 saturated heterocycles. The Hall–Kier alpha value is -2.26. The van der Waals surface area contributed by atoms with Crippen LogP contribution in [-0.4, -0.2) is 39.8 Å². The number of H-pyrrole nitrogens is 1. The van der Waals surface area contributed by atoms with Gasteiger partial charge in [0.1, 0.15) is 6.67 Å². The number of nitrogens with one attached hydrogen (secondary N) is 2. The fourth-order valence-corrected chi connectivity index (χ4v) is 1.16. The maximum absolute atomic E-state index is 11.9. The highest BCUT2D eigenvalue weighted by Gasteiger charge is 2.44. The molecule has 1 amide bonds. The number of amides is 1. The lowest BCUT2D eigenvalue weighted by Crippen LogP contribution is -2.44. The van der Waals surface area contributed by atoms with Crippen molar-refractivity contribution in [2.24, 2.45) is 0 Å². The van der Waals surface area contributed by atoms with E-state index in [2.05, 4.69) is 20.1 Å². The first-order chi connectivity index (χ1) is 7.89. The second-order valence-electron chi connectivity index (χ2n) is 3.02. The lowest BCUT2D eigenvalue weighted by Gasteiger charge is -2.25. The first-order valence-corrected chi connectivity index (χ1v) is 4.28. The van der Waals surface area contributed by atoms with E-state index >= 15 is 0 Å². The van der Waals surface area contributed by atoms with Gasteiger partial charge in [-0.05, 0) is 0 Å². The van der Waals surface area contributed by atoms with Gasteiger partial charge < -0.3 is 15.1 Å². The molecular formula is C7H5F3N4O3. The highest BCUT2D eigenvalue weighted by molar-refractivity contribution is 5.98. The van der Waals surface area contributed by atoms with Gasteiger partial charge in [0, 0.05) is 0 Å². The first kappa shape index (κ1) is 11.2. The average molecular weight is 250 g/mol.